The monoisotopic (exact) mass is 616 g/mol. The van der Waals surface area contributed by atoms with E-state index in [0.717, 1.165) is 22.3 Å². The molecular weight excluding hydrogens is 576 g/mol. The summed E-state index contributed by atoms with van der Waals surface area (Å²) in [5.41, 5.74) is 4.34. The Labute approximate surface area is 259 Å². The molecule has 11 heteroatoms. The minimum absolute atomic E-state index is 0.0638. The number of aromatic nitrogens is 4. The zero-order valence-corrected chi connectivity index (χ0v) is 27.1. The quantitative estimate of drug-likeness (QED) is 0.284. The van der Waals surface area contributed by atoms with Crippen molar-refractivity contribution in [1.82, 2.24) is 24.6 Å². The van der Waals surface area contributed by atoms with E-state index in [1.807, 2.05) is 56.8 Å². The van der Waals surface area contributed by atoms with Crippen LogP contribution >= 0.6 is 0 Å². The highest BCUT2D eigenvalue weighted by Crippen LogP contribution is 2.31. The average Bonchev–Trinajstić information content (AvgIpc) is 3.42. The van der Waals surface area contributed by atoms with Gasteiger partial charge in [-0.15, -0.1) is 0 Å². The number of fused-ring (bicyclic) bond motifs is 4. The average molecular weight is 617 g/mol. The number of carbonyl (C=O) groups is 1. The van der Waals surface area contributed by atoms with Gasteiger partial charge in [-0.1, -0.05) is 45.0 Å². The third-order valence-corrected chi connectivity index (χ3v) is 8.89. The second kappa shape index (κ2) is 12.0. The van der Waals surface area contributed by atoms with Gasteiger partial charge in [-0.3, -0.25) is 9.48 Å². The highest BCUT2D eigenvalue weighted by atomic mass is 32.2. The molecule has 44 heavy (non-hydrogen) atoms. The van der Waals surface area contributed by atoms with Crippen LogP contribution in [0.4, 0.5) is 5.95 Å². The first kappa shape index (κ1) is 31.2. The molecule has 1 N–H and O–H groups in total. The van der Waals surface area contributed by atoms with Crippen molar-refractivity contribution < 1.29 is 17.9 Å². The molecule has 0 saturated carbocycles. The number of rotatable bonds is 5. The fourth-order valence-electron chi connectivity index (χ4n) is 5.48. The second-order valence-corrected chi connectivity index (χ2v) is 14.6. The van der Waals surface area contributed by atoms with E-state index in [1.165, 1.54) is 12.1 Å². The van der Waals surface area contributed by atoms with Gasteiger partial charge in [-0.05, 0) is 68.9 Å². The van der Waals surface area contributed by atoms with Crippen LogP contribution in [-0.4, -0.2) is 51.6 Å². The number of aryl methyl sites for hydroxylation is 2. The molecule has 0 spiro atoms. The highest BCUT2D eigenvalue weighted by Gasteiger charge is 2.32. The normalized spacial score (nSPS) is 16.9. The second-order valence-electron chi connectivity index (χ2n) is 12.9. The summed E-state index contributed by atoms with van der Waals surface area (Å²) in [7, 11) is -4.14. The van der Waals surface area contributed by atoms with Gasteiger partial charge in [0.05, 0.1) is 22.8 Å². The fraction of sp³-hybridized carbons (Fsp3) is 0.394. The van der Waals surface area contributed by atoms with E-state index < -0.39 is 10.0 Å². The standard InChI is InChI=1S/C33H40N6O4S/c1-21(2)39-19-24(17-34-39)18-38-26(16-33(5,6)7)20-43-29-15-28(30-22(3)10-8-11-23(30)4)35-32(36-29)37-44(41,42)27-13-9-12-25(14-27)31(38)40/h8-15,17,19,21,26H,16,18,20H2,1-7H3,(H,35,36,37)/t26-/m1/s1. The summed E-state index contributed by atoms with van der Waals surface area (Å²) in [6.45, 7) is 14.8. The molecule has 10 nitrogen and oxygen atoms in total. The number of hydrogen-bond donors (Lipinski definition) is 1. The maximum absolute atomic E-state index is 14.3. The van der Waals surface area contributed by atoms with Crippen LogP contribution < -0.4 is 9.46 Å². The lowest BCUT2D eigenvalue weighted by molar-refractivity contribution is 0.0513. The van der Waals surface area contributed by atoms with Gasteiger partial charge >= 0.3 is 0 Å². The lowest BCUT2D eigenvalue weighted by Crippen LogP contribution is -2.45. The molecular formula is C33H40N6O4S. The lowest BCUT2D eigenvalue weighted by atomic mass is 9.87. The Morgan fingerprint density at radius 3 is 2.41 bits per heavy atom. The summed E-state index contributed by atoms with van der Waals surface area (Å²) < 4.78 is 37.9. The third kappa shape index (κ3) is 6.93. The zero-order valence-electron chi connectivity index (χ0n) is 26.3. The summed E-state index contributed by atoms with van der Waals surface area (Å²) in [4.78, 5) is 25.0. The van der Waals surface area contributed by atoms with Crippen molar-refractivity contribution >= 4 is 21.9 Å². The van der Waals surface area contributed by atoms with Crippen molar-refractivity contribution in [2.45, 2.75) is 78.4 Å². The molecule has 3 heterocycles. The molecule has 0 aliphatic carbocycles. The van der Waals surface area contributed by atoms with Crippen LogP contribution in [-0.2, 0) is 16.6 Å². The molecule has 5 rings (SSSR count). The molecule has 1 aliphatic heterocycles. The van der Waals surface area contributed by atoms with Gasteiger partial charge in [0.15, 0.2) is 0 Å². The number of ether oxygens (including phenoxy) is 1. The molecule has 1 aliphatic rings. The molecule has 4 aromatic rings. The number of carbonyl (C=O) groups excluding carboxylic acids is 1. The Kier molecular flexibility index (Phi) is 8.53. The molecule has 1 amide bonds. The molecule has 2 aromatic heterocycles. The number of benzene rings is 2. The summed E-state index contributed by atoms with van der Waals surface area (Å²) >= 11 is 0. The molecule has 232 valence electrons. The fourth-order valence-corrected chi connectivity index (χ4v) is 6.47. The van der Waals surface area contributed by atoms with Gasteiger partial charge in [0, 0.05) is 41.5 Å². The Morgan fingerprint density at radius 2 is 1.75 bits per heavy atom. The van der Waals surface area contributed by atoms with Crippen LogP contribution in [0.25, 0.3) is 11.3 Å². The Morgan fingerprint density at radius 1 is 1.05 bits per heavy atom. The summed E-state index contributed by atoms with van der Waals surface area (Å²) in [5, 5.41) is 4.48. The van der Waals surface area contributed by atoms with E-state index in [4.69, 9.17) is 4.74 Å². The minimum Gasteiger partial charge on any atom is -0.475 e. The number of amides is 1. The number of hydrogen-bond acceptors (Lipinski definition) is 7. The first-order valence-electron chi connectivity index (χ1n) is 14.8. The molecule has 4 bridgehead atoms. The van der Waals surface area contributed by atoms with Crippen LogP contribution in [0.3, 0.4) is 0 Å². The van der Waals surface area contributed by atoms with Crippen LogP contribution in [0, 0.1) is 19.3 Å². The van der Waals surface area contributed by atoms with E-state index in [0.29, 0.717) is 12.1 Å². The van der Waals surface area contributed by atoms with Crippen molar-refractivity contribution in [3.63, 3.8) is 0 Å². The van der Waals surface area contributed by atoms with E-state index in [-0.39, 0.29) is 58.8 Å². The van der Waals surface area contributed by atoms with E-state index in [1.54, 1.807) is 29.3 Å². The maximum Gasteiger partial charge on any atom is 0.264 e. The predicted octanol–water partition coefficient (Wildman–Crippen LogP) is 6.18. The molecule has 0 radical (unpaired) electrons. The Hall–Kier alpha value is -4.25. The largest absolute Gasteiger partial charge is 0.475 e. The van der Waals surface area contributed by atoms with Crippen molar-refractivity contribution in [1.29, 1.82) is 0 Å². The topological polar surface area (TPSA) is 119 Å². The van der Waals surface area contributed by atoms with Gasteiger partial charge in [0.1, 0.15) is 6.61 Å². The van der Waals surface area contributed by atoms with Crippen molar-refractivity contribution in [2.24, 2.45) is 5.41 Å². The predicted molar refractivity (Wildman–Crippen MR) is 170 cm³/mol. The van der Waals surface area contributed by atoms with Gasteiger partial charge < -0.3 is 9.64 Å². The van der Waals surface area contributed by atoms with Crippen LogP contribution in [0.5, 0.6) is 5.88 Å². The van der Waals surface area contributed by atoms with Crippen LogP contribution in [0.15, 0.2) is 65.8 Å². The molecule has 1 atom stereocenters. The zero-order chi connectivity index (χ0) is 31.8. The summed E-state index contributed by atoms with van der Waals surface area (Å²) in [6.07, 6.45) is 4.32. The molecule has 2 aromatic carbocycles. The number of sulfonamides is 1. The first-order chi connectivity index (χ1) is 20.7. The smallest absolute Gasteiger partial charge is 0.264 e. The minimum atomic E-state index is -4.14. The summed E-state index contributed by atoms with van der Waals surface area (Å²) in [5.74, 6) is -0.202. The van der Waals surface area contributed by atoms with Crippen molar-refractivity contribution in [3.8, 4) is 17.1 Å². The third-order valence-electron chi connectivity index (χ3n) is 7.57. The van der Waals surface area contributed by atoms with Crippen molar-refractivity contribution in [2.75, 3.05) is 11.3 Å². The van der Waals surface area contributed by atoms with Gasteiger partial charge in [0.2, 0.25) is 11.8 Å². The molecule has 0 fully saturated rings. The lowest BCUT2D eigenvalue weighted by Gasteiger charge is -2.35. The first-order valence-corrected chi connectivity index (χ1v) is 16.2. The Balaban J connectivity index is 1.67. The maximum atomic E-state index is 14.3. The highest BCUT2D eigenvalue weighted by molar-refractivity contribution is 7.92. The summed E-state index contributed by atoms with van der Waals surface area (Å²) in [6, 6.07) is 13.5. The number of anilines is 1. The Bertz CT molecular complexity index is 1770. The van der Waals surface area contributed by atoms with E-state index in [9.17, 15) is 13.2 Å². The number of nitrogens with zero attached hydrogens (tertiary/aromatic N) is 5. The van der Waals surface area contributed by atoms with E-state index >= 15 is 0 Å². The van der Waals surface area contributed by atoms with Gasteiger partial charge in [0.25, 0.3) is 15.9 Å². The van der Waals surface area contributed by atoms with Crippen molar-refractivity contribution in [3.05, 3.63) is 83.2 Å². The van der Waals surface area contributed by atoms with E-state index in [2.05, 4.69) is 40.6 Å². The SMILES string of the molecule is Cc1cccc(C)c1-c1cc2nc(n1)NS(=O)(=O)c1cccc(c1)C(=O)N(Cc1cnn(C(C)C)c1)[C@H](CC(C)(C)C)CO2. The van der Waals surface area contributed by atoms with Crippen LogP contribution in [0.1, 0.15) is 74.1 Å². The molecule has 0 unspecified atom stereocenters. The van der Waals surface area contributed by atoms with Crippen LogP contribution in [0.2, 0.25) is 0 Å². The molecule has 0 saturated heterocycles. The van der Waals surface area contributed by atoms with Gasteiger partial charge in [-0.2, -0.15) is 10.1 Å². The number of nitrogens with one attached hydrogen (secondary N) is 1. The van der Waals surface area contributed by atoms with Gasteiger partial charge in [-0.25, -0.2) is 18.1 Å².